The molecule has 0 aliphatic carbocycles. The number of hydrogen-bond donors (Lipinski definition) is 3. The lowest BCUT2D eigenvalue weighted by Gasteiger charge is -1.96. The van der Waals surface area contributed by atoms with E-state index in [1.807, 2.05) is 0 Å². The van der Waals surface area contributed by atoms with E-state index < -0.39 is 5.69 Å². The number of H-pyrrole nitrogens is 2. The van der Waals surface area contributed by atoms with Gasteiger partial charge in [0.15, 0.2) is 0 Å². The van der Waals surface area contributed by atoms with Crippen molar-refractivity contribution in [3.05, 3.63) is 32.6 Å². The van der Waals surface area contributed by atoms with Crippen molar-refractivity contribution in [1.29, 1.82) is 0 Å². The Balaban J connectivity index is 2.87. The van der Waals surface area contributed by atoms with Crippen molar-refractivity contribution < 1.29 is 0 Å². The summed E-state index contributed by atoms with van der Waals surface area (Å²) in [5.74, 6) is 0. The fourth-order valence-electron chi connectivity index (χ4n) is 0.883. The van der Waals surface area contributed by atoms with Gasteiger partial charge >= 0.3 is 5.69 Å². The Bertz CT molecular complexity index is 352. The Morgan fingerprint density at radius 3 is 2.83 bits per heavy atom. The van der Waals surface area contributed by atoms with Crippen molar-refractivity contribution in [3.63, 3.8) is 0 Å². The van der Waals surface area contributed by atoms with Gasteiger partial charge in [0.05, 0.1) is 0 Å². The molecule has 0 bridgehead atoms. The van der Waals surface area contributed by atoms with Crippen molar-refractivity contribution in [2.24, 2.45) is 0 Å². The van der Waals surface area contributed by atoms with Crippen LogP contribution >= 0.6 is 0 Å². The highest BCUT2D eigenvalue weighted by Crippen LogP contribution is 1.83. The zero-order valence-electron chi connectivity index (χ0n) is 6.81. The summed E-state index contributed by atoms with van der Waals surface area (Å²) < 4.78 is 0. The summed E-state index contributed by atoms with van der Waals surface area (Å²) in [6, 6.07) is 0. The van der Waals surface area contributed by atoms with Gasteiger partial charge in [-0.3, -0.25) is 9.78 Å². The van der Waals surface area contributed by atoms with E-state index in [0.717, 1.165) is 6.54 Å². The maximum absolute atomic E-state index is 11.0. The fraction of sp³-hybridized carbons (Fsp3) is 0.429. The van der Waals surface area contributed by atoms with Crippen LogP contribution in [0.5, 0.6) is 0 Å². The Labute approximate surface area is 68.8 Å². The molecule has 0 atom stereocenters. The lowest BCUT2D eigenvalue weighted by atomic mass is 10.2. The van der Waals surface area contributed by atoms with E-state index in [4.69, 9.17) is 0 Å². The molecule has 1 aromatic heterocycles. The molecule has 12 heavy (non-hydrogen) atoms. The molecule has 5 nitrogen and oxygen atoms in total. The Kier molecular flexibility index (Phi) is 2.82. The molecule has 0 aliphatic heterocycles. The molecule has 0 amide bonds. The Hall–Kier alpha value is -1.36. The SMILES string of the molecule is CNCCc1c[nH]c(=O)[nH]c1=O. The summed E-state index contributed by atoms with van der Waals surface area (Å²) in [5, 5.41) is 2.91. The quantitative estimate of drug-likeness (QED) is 0.533. The second kappa shape index (κ2) is 3.87. The van der Waals surface area contributed by atoms with Crippen molar-refractivity contribution in [2.75, 3.05) is 13.6 Å². The minimum atomic E-state index is -0.465. The van der Waals surface area contributed by atoms with Gasteiger partial charge in [0.1, 0.15) is 0 Å². The van der Waals surface area contributed by atoms with Gasteiger partial charge in [-0.05, 0) is 20.0 Å². The molecule has 1 rings (SSSR count). The first-order chi connectivity index (χ1) is 5.74. The highest BCUT2D eigenvalue weighted by molar-refractivity contribution is 5.03. The average molecular weight is 169 g/mol. The normalized spacial score (nSPS) is 10.1. The third-order valence-corrected chi connectivity index (χ3v) is 1.54. The maximum atomic E-state index is 11.0. The van der Waals surface area contributed by atoms with E-state index in [1.165, 1.54) is 6.20 Å². The first-order valence-electron chi connectivity index (χ1n) is 3.69. The molecule has 0 fully saturated rings. The predicted molar refractivity (Wildman–Crippen MR) is 45.3 cm³/mol. The summed E-state index contributed by atoms with van der Waals surface area (Å²) in [7, 11) is 1.81. The number of hydrogen-bond acceptors (Lipinski definition) is 3. The molecule has 0 aromatic carbocycles. The molecule has 0 saturated carbocycles. The maximum Gasteiger partial charge on any atom is 0.325 e. The molecular weight excluding hydrogens is 158 g/mol. The van der Waals surface area contributed by atoms with E-state index in [2.05, 4.69) is 15.3 Å². The Morgan fingerprint density at radius 1 is 1.50 bits per heavy atom. The van der Waals surface area contributed by atoms with Gasteiger partial charge in [-0.2, -0.15) is 0 Å². The van der Waals surface area contributed by atoms with E-state index in [0.29, 0.717) is 12.0 Å². The predicted octanol–water partition coefficient (Wildman–Crippen LogP) is -1.17. The van der Waals surface area contributed by atoms with Gasteiger partial charge in [-0.15, -0.1) is 0 Å². The molecule has 0 unspecified atom stereocenters. The number of nitrogens with one attached hydrogen (secondary N) is 3. The number of aromatic amines is 2. The second-order valence-corrected chi connectivity index (χ2v) is 2.45. The van der Waals surface area contributed by atoms with E-state index in [9.17, 15) is 9.59 Å². The lowest BCUT2D eigenvalue weighted by molar-refractivity contribution is 0.777. The largest absolute Gasteiger partial charge is 0.325 e. The monoisotopic (exact) mass is 169 g/mol. The standard InChI is InChI=1S/C7H11N3O2/c1-8-3-2-5-4-9-7(12)10-6(5)11/h4,8H,2-3H2,1H3,(H2,9,10,11,12). The summed E-state index contributed by atoms with van der Waals surface area (Å²) in [6.07, 6.45) is 2.06. The van der Waals surface area contributed by atoms with Crippen LogP contribution in [0.3, 0.4) is 0 Å². The summed E-state index contributed by atoms with van der Waals surface area (Å²) >= 11 is 0. The zero-order chi connectivity index (χ0) is 8.97. The van der Waals surface area contributed by atoms with Crippen LogP contribution in [0.4, 0.5) is 0 Å². The molecule has 3 N–H and O–H groups in total. The highest BCUT2D eigenvalue weighted by atomic mass is 16.2. The van der Waals surface area contributed by atoms with Crippen molar-refractivity contribution in [1.82, 2.24) is 15.3 Å². The minimum absolute atomic E-state index is 0.311. The molecule has 1 heterocycles. The molecular formula is C7H11N3O2. The third-order valence-electron chi connectivity index (χ3n) is 1.54. The first-order valence-corrected chi connectivity index (χ1v) is 3.69. The zero-order valence-corrected chi connectivity index (χ0v) is 6.81. The molecule has 0 spiro atoms. The van der Waals surface area contributed by atoms with Crippen LogP contribution in [-0.2, 0) is 6.42 Å². The third kappa shape index (κ3) is 2.06. The van der Waals surface area contributed by atoms with Crippen LogP contribution in [0.1, 0.15) is 5.56 Å². The topological polar surface area (TPSA) is 77.8 Å². The van der Waals surface area contributed by atoms with Gasteiger partial charge in [0.25, 0.3) is 5.56 Å². The fourth-order valence-corrected chi connectivity index (χ4v) is 0.883. The molecule has 0 radical (unpaired) electrons. The summed E-state index contributed by atoms with van der Waals surface area (Å²) in [6.45, 7) is 0.717. The van der Waals surface area contributed by atoms with Crippen LogP contribution in [0.15, 0.2) is 15.8 Å². The molecule has 5 heteroatoms. The van der Waals surface area contributed by atoms with Gasteiger partial charge in [-0.25, -0.2) is 4.79 Å². The van der Waals surface area contributed by atoms with Crippen molar-refractivity contribution >= 4 is 0 Å². The molecule has 0 saturated heterocycles. The Morgan fingerprint density at radius 2 is 2.25 bits per heavy atom. The van der Waals surface area contributed by atoms with Gasteiger partial charge in [0, 0.05) is 11.8 Å². The van der Waals surface area contributed by atoms with Gasteiger partial charge in [-0.1, -0.05) is 0 Å². The molecule has 1 aromatic rings. The summed E-state index contributed by atoms with van der Waals surface area (Å²) in [4.78, 5) is 26.2. The van der Waals surface area contributed by atoms with Crippen LogP contribution in [0, 0.1) is 0 Å². The molecule has 0 aliphatic rings. The first kappa shape index (κ1) is 8.73. The van der Waals surface area contributed by atoms with Crippen molar-refractivity contribution in [3.8, 4) is 0 Å². The summed E-state index contributed by atoms with van der Waals surface area (Å²) in [5.41, 5.74) is -0.189. The number of likely N-dealkylation sites (N-methyl/N-ethyl adjacent to an activating group) is 1. The van der Waals surface area contributed by atoms with E-state index >= 15 is 0 Å². The van der Waals surface area contributed by atoms with Gasteiger partial charge < -0.3 is 10.3 Å². The lowest BCUT2D eigenvalue weighted by Crippen LogP contribution is -2.26. The van der Waals surface area contributed by atoms with Crippen molar-refractivity contribution in [2.45, 2.75) is 6.42 Å². The minimum Gasteiger partial charge on any atom is -0.319 e. The smallest absolute Gasteiger partial charge is 0.319 e. The van der Waals surface area contributed by atoms with Crippen LogP contribution in [-0.4, -0.2) is 23.6 Å². The molecule has 66 valence electrons. The highest BCUT2D eigenvalue weighted by Gasteiger charge is 1.97. The van der Waals surface area contributed by atoms with Crippen LogP contribution in [0.2, 0.25) is 0 Å². The number of aromatic nitrogens is 2. The van der Waals surface area contributed by atoms with Gasteiger partial charge in [0.2, 0.25) is 0 Å². The van der Waals surface area contributed by atoms with E-state index in [-0.39, 0.29) is 5.56 Å². The average Bonchev–Trinajstić information content (AvgIpc) is 2.03. The van der Waals surface area contributed by atoms with Crippen LogP contribution < -0.4 is 16.6 Å². The van der Waals surface area contributed by atoms with E-state index in [1.54, 1.807) is 7.05 Å². The number of rotatable bonds is 3. The second-order valence-electron chi connectivity index (χ2n) is 2.45. The van der Waals surface area contributed by atoms with Crippen LogP contribution in [0.25, 0.3) is 0 Å².